The number of aromatic nitrogens is 4. The summed E-state index contributed by atoms with van der Waals surface area (Å²) in [4.78, 5) is 23.6. The summed E-state index contributed by atoms with van der Waals surface area (Å²) in [5.41, 5.74) is -0.453. The van der Waals surface area contributed by atoms with E-state index in [9.17, 15) is 4.79 Å². The van der Waals surface area contributed by atoms with Gasteiger partial charge in [-0.3, -0.25) is 0 Å². The van der Waals surface area contributed by atoms with Crippen LogP contribution in [0.1, 0.15) is 75.3 Å². The molecule has 2 aromatic heterocycles. The van der Waals surface area contributed by atoms with Crippen LogP contribution in [0, 0.1) is 13.8 Å². The zero-order chi connectivity index (χ0) is 21.6. The summed E-state index contributed by atoms with van der Waals surface area (Å²) < 4.78 is 15.0. The summed E-state index contributed by atoms with van der Waals surface area (Å²) in [6.07, 6.45) is 3.50. The first-order valence-corrected chi connectivity index (χ1v) is 11.8. The fraction of sp³-hybridized carbons (Fsp3) is 0.737. The maximum atomic E-state index is 11.7. The topological polar surface area (TPSA) is 107 Å². The molecule has 4 rings (SSSR count). The maximum absolute atomic E-state index is 11.7. The number of alkyl halides is 1. The quantitative estimate of drug-likeness (QED) is 0.424. The van der Waals surface area contributed by atoms with Crippen LogP contribution in [0.25, 0.3) is 0 Å². The number of hydrogen-bond acceptors (Lipinski definition) is 8. The van der Waals surface area contributed by atoms with E-state index < -0.39 is 5.60 Å². The third-order valence-corrected chi connectivity index (χ3v) is 4.46. The van der Waals surface area contributed by atoms with Crippen LogP contribution in [0.5, 0.6) is 0 Å². The van der Waals surface area contributed by atoms with Crippen molar-refractivity contribution in [3.63, 3.8) is 0 Å². The molecule has 162 valence electrons. The van der Waals surface area contributed by atoms with Gasteiger partial charge in [0.15, 0.2) is 11.6 Å². The first-order valence-electron chi connectivity index (χ1n) is 9.67. The summed E-state index contributed by atoms with van der Waals surface area (Å²) in [6.45, 7) is 10.3. The highest BCUT2D eigenvalue weighted by Gasteiger charge is 2.37. The van der Waals surface area contributed by atoms with Crippen molar-refractivity contribution in [3.8, 4) is 0 Å². The van der Waals surface area contributed by atoms with Crippen LogP contribution >= 0.6 is 22.6 Å². The Morgan fingerprint density at radius 3 is 1.83 bits per heavy atom. The molecule has 10 heteroatoms. The molecule has 1 aliphatic heterocycles. The van der Waals surface area contributed by atoms with Crippen LogP contribution in [0.3, 0.4) is 0 Å². The zero-order valence-corrected chi connectivity index (χ0v) is 20.1. The number of carbonyl (C=O) groups excluding carboxylic acids is 1. The Labute approximate surface area is 185 Å². The molecule has 1 amide bonds. The first kappa shape index (κ1) is 23.6. The number of rotatable bonds is 2. The number of nitrogens with zero attached hydrogens (tertiary/aromatic N) is 5. The van der Waals surface area contributed by atoms with Crippen molar-refractivity contribution in [2.45, 2.75) is 71.3 Å². The van der Waals surface area contributed by atoms with Crippen LogP contribution < -0.4 is 0 Å². The molecule has 0 bridgehead atoms. The molecule has 2 fully saturated rings. The summed E-state index contributed by atoms with van der Waals surface area (Å²) in [7, 11) is 0. The lowest BCUT2D eigenvalue weighted by molar-refractivity contribution is 0.00734. The predicted molar refractivity (Wildman–Crippen MR) is 115 cm³/mol. The second-order valence-corrected chi connectivity index (χ2v) is 8.05. The Hall–Kier alpha value is -1.72. The van der Waals surface area contributed by atoms with E-state index in [4.69, 9.17) is 13.8 Å². The summed E-state index contributed by atoms with van der Waals surface area (Å²) in [6, 6.07) is 0. The van der Waals surface area contributed by atoms with Crippen LogP contribution in [0.4, 0.5) is 4.79 Å². The van der Waals surface area contributed by atoms with E-state index >= 15 is 0 Å². The summed E-state index contributed by atoms with van der Waals surface area (Å²) in [5, 5.41) is 7.69. The van der Waals surface area contributed by atoms with Crippen LogP contribution in [0.15, 0.2) is 9.05 Å². The Bertz CT molecular complexity index is 776. The van der Waals surface area contributed by atoms with Crippen molar-refractivity contribution in [2.24, 2.45) is 0 Å². The van der Waals surface area contributed by atoms with Crippen molar-refractivity contribution in [2.75, 3.05) is 18.0 Å². The molecule has 0 aromatic carbocycles. The Morgan fingerprint density at radius 1 is 1.00 bits per heavy atom. The van der Waals surface area contributed by atoms with Gasteiger partial charge in [-0.15, -0.1) is 0 Å². The van der Waals surface area contributed by atoms with Gasteiger partial charge < -0.3 is 18.7 Å². The molecule has 29 heavy (non-hydrogen) atoms. The number of amides is 1. The van der Waals surface area contributed by atoms with Gasteiger partial charge in [0.1, 0.15) is 5.60 Å². The van der Waals surface area contributed by atoms with Crippen molar-refractivity contribution < 1.29 is 18.6 Å². The average molecular weight is 519 g/mol. The van der Waals surface area contributed by atoms with Crippen molar-refractivity contribution in [1.29, 1.82) is 0 Å². The highest BCUT2D eigenvalue weighted by molar-refractivity contribution is 14.1. The second kappa shape index (κ2) is 10.4. The Morgan fingerprint density at radius 2 is 1.48 bits per heavy atom. The summed E-state index contributed by atoms with van der Waals surface area (Å²) in [5.74, 6) is 3.57. The molecular weight excluding hydrogens is 489 g/mol. The smallest absolute Gasteiger partial charge is 0.410 e. The van der Waals surface area contributed by atoms with Gasteiger partial charge in [-0.05, 0) is 38.5 Å². The molecule has 9 nitrogen and oxygen atoms in total. The summed E-state index contributed by atoms with van der Waals surface area (Å²) >= 11 is 2.15. The molecule has 2 aromatic rings. The van der Waals surface area contributed by atoms with Crippen molar-refractivity contribution >= 4 is 28.7 Å². The van der Waals surface area contributed by atoms with Crippen molar-refractivity contribution in [3.05, 3.63) is 23.4 Å². The van der Waals surface area contributed by atoms with Gasteiger partial charge in [0.25, 0.3) is 0 Å². The van der Waals surface area contributed by atoms with E-state index in [-0.39, 0.29) is 12.0 Å². The molecule has 1 aliphatic carbocycles. The van der Waals surface area contributed by atoms with Crippen molar-refractivity contribution in [1.82, 2.24) is 25.2 Å². The van der Waals surface area contributed by atoms with E-state index in [1.54, 1.807) is 11.8 Å². The molecule has 1 saturated carbocycles. The Balaban J connectivity index is 0.000000212. The number of ether oxygens (including phenoxy) is 1. The number of likely N-dealkylation sites (tertiary alicyclic amines) is 1. The van der Waals surface area contributed by atoms with Gasteiger partial charge in [0.05, 0.1) is 5.92 Å². The number of aryl methyl sites for hydroxylation is 2. The lowest BCUT2D eigenvalue weighted by Crippen LogP contribution is -2.50. The second-order valence-electron chi connectivity index (χ2n) is 8.05. The lowest BCUT2D eigenvalue weighted by atomic mass is 9.85. The van der Waals surface area contributed by atoms with Gasteiger partial charge >= 0.3 is 6.09 Å². The highest BCUT2D eigenvalue weighted by Crippen LogP contribution is 2.34. The molecule has 2 aliphatic rings. The fourth-order valence-electron chi connectivity index (χ4n) is 2.75. The third-order valence-electron chi connectivity index (χ3n) is 4.46. The largest absolute Gasteiger partial charge is 0.444 e. The zero-order valence-electron chi connectivity index (χ0n) is 17.9. The Kier molecular flexibility index (Phi) is 8.41. The van der Waals surface area contributed by atoms with E-state index in [2.05, 4.69) is 42.9 Å². The third kappa shape index (κ3) is 6.93. The SMILES string of the molecule is CI.Cc1nc(C2CCC2)no1.Cc1nc(C2CN(C(=O)OC(C)(C)C)C2)no1. The molecule has 3 heterocycles. The maximum Gasteiger partial charge on any atom is 0.410 e. The van der Waals surface area contributed by atoms with Crippen LogP contribution in [-0.2, 0) is 4.74 Å². The van der Waals surface area contributed by atoms with Gasteiger partial charge in [-0.2, -0.15) is 9.97 Å². The minimum absolute atomic E-state index is 0.167. The number of halogens is 1. The molecule has 0 unspecified atom stereocenters. The minimum atomic E-state index is -0.453. The van der Waals surface area contributed by atoms with Gasteiger partial charge in [0, 0.05) is 32.9 Å². The predicted octanol–water partition coefficient (Wildman–Crippen LogP) is 4.41. The molecule has 1 saturated heterocycles. The van der Waals surface area contributed by atoms with E-state index in [1.165, 1.54) is 19.3 Å². The number of hydrogen-bond donors (Lipinski definition) is 0. The molecule has 0 radical (unpaired) electrons. The molecule has 0 spiro atoms. The van der Waals surface area contributed by atoms with E-state index in [1.807, 2.05) is 32.6 Å². The monoisotopic (exact) mass is 519 g/mol. The molecular formula is C19H30IN5O4. The normalized spacial score (nSPS) is 16.6. The first-order chi connectivity index (χ1) is 13.7. The number of carbonyl (C=O) groups is 1. The lowest BCUT2D eigenvalue weighted by Gasteiger charge is -2.38. The van der Waals surface area contributed by atoms with E-state index in [0.29, 0.717) is 36.6 Å². The fourth-order valence-corrected chi connectivity index (χ4v) is 2.75. The minimum Gasteiger partial charge on any atom is -0.444 e. The highest BCUT2D eigenvalue weighted by atomic mass is 127. The van der Waals surface area contributed by atoms with Crippen LogP contribution in [-0.4, -0.2) is 54.9 Å². The van der Waals surface area contributed by atoms with Gasteiger partial charge in [-0.1, -0.05) is 39.3 Å². The van der Waals surface area contributed by atoms with Gasteiger partial charge in [-0.25, -0.2) is 4.79 Å². The average Bonchev–Trinajstić information content (AvgIpc) is 3.14. The molecule has 0 N–H and O–H groups in total. The molecule has 0 atom stereocenters. The van der Waals surface area contributed by atoms with Crippen LogP contribution in [0.2, 0.25) is 0 Å². The van der Waals surface area contributed by atoms with Gasteiger partial charge in [0.2, 0.25) is 11.8 Å². The standard InChI is InChI=1S/C11H17N3O3.C7H10N2O.CH3I/c1-7-12-9(13-17-7)8-5-14(6-8)10(15)16-11(2,3)4;1-5-8-7(9-10-5)6-3-2-4-6;1-2/h8H,5-6H2,1-4H3;6H,2-4H2,1H3;1H3. The van der Waals surface area contributed by atoms with E-state index in [0.717, 1.165) is 5.82 Å².